The van der Waals surface area contributed by atoms with Gasteiger partial charge in [-0.1, -0.05) is 163 Å². The minimum atomic E-state index is -1.14. The van der Waals surface area contributed by atoms with Gasteiger partial charge in [0.2, 0.25) is 6.41 Å². The van der Waals surface area contributed by atoms with E-state index < -0.39 is 16.5 Å². The van der Waals surface area contributed by atoms with Crippen LogP contribution in [0, 0.1) is 59.6 Å². The van der Waals surface area contributed by atoms with E-state index in [1.807, 2.05) is 217 Å². The van der Waals surface area contributed by atoms with Gasteiger partial charge < -0.3 is 36.3 Å². The number of thiol groups is 1. The molecule has 30 nitrogen and oxygen atoms in total. The number of hydrogen-bond donors (Lipinski definition) is 4. The summed E-state index contributed by atoms with van der Waals surface area (Å²) in [4.78, 5) is 97.1. The number of carboxylic acids is 1. The Morgan fingerprint density at radius 1 is 0.541 bits per heavy atom. The number of Topliss-reactive ketones (excluding diaryl/α,β-unsaturated/α-hetero) is 2. The molecule has 1 radical (unpaired) electrons. The van der Waals surface area contributed by atoms with Crippen LogP contribution in [0.1, 0.15) is 255 Å². The molecule has 4 heterocycles. The number of hydrogen-bond acceptors (Lipinski definition) is 24. The zero-order valence-electron chi connectivity index (χ0n) is 83.0. The van der Waals surface area contributed by atoms with Gasteiger partial charge in [-0.3, -0.25) is 39.2 Å². The normalized spacial score (nSPS) is 12.5. The molecule has 5 aliphatic carbocycles. The van der Waals surface area contributed by atoms with Gasteiger partial charge in [0.25, 0.3) is 0 Å². The molecule has 0 saturated heterocycles. The number of nitrogens with zero attached hydrogens (tertiary/aromatic N) is 20. The average molecular weight is 2580 g/mol. The Hall–Kier alpha value is -9.82. The molecule has 40 heteroatoms. The van der Waals surface area contributed by atoms with Crippen molar-refractivity contribution in [2.75, 3.05) is 42.4 Å². The van der Waals surface area contributed by atoms with Crippen molar-refractivity contribution in [3.05, 3.63) is 321 Å². The third-order valence-corrected chi connectivity index (χ3v) is 24.9. The Balaban J connectivity index is 0.000000832. The summed E-state index contributed by atoms with van der Waals surface area (Å²) in [5.41, 5.74) is 45.4. The molecule has 0 bridgehead atoms. The van der Waals surface area contributed by atoms with Crippen LogP contribution >= 0.6 is 142 Å². The number of amidine groups is 1. The zero-order chi connectivity index (χ0) is 106. The van der Waals surface area contributed by atoms with Crippen LogP contribution < -0.4 is 35.3 Å². The minimum Gasteiger partial charge on any atom is -0.373 e. The van der Waals surface area contributed by atoms with Gasteiger partial charge in [-0.25, -0.2) is 39.9 Å². The molecule has 5 saturated carbocycles. The first-order chi connectivity index (χ1) is 68.9. The van der Waals surface area contributed by atoms with E-state index in [1.54, 1.807) is 32.5 Å². The number of ketones is 2. The molecule has 148 heavy (non-hydrogen) atoms. The van der Waals surface area contributed by atoms with Gasteiger partial charge in [0, 0.05) is 155 Å². The topological polar surface area (TPSA) is 475 Å². The minimum absolute atomic E-state index is 0. The average Bonchev–Trinajstić information content (AvgIpc) is 1.32. The number of carboxylic acid groups (broad SMARTS) is 1. The second kappa shape index (κ2) is 74.2. The number of alkyl halides is 1. The fourth-order valence-electron chi connectivity index (χ4n) is 12.9. The van der Waals surface area contributed by atoms with Gasteiger partial charge in [0.1, 0.15) is 29.1 Å². The standard InChI is InChI=1S/C16H14BrN3.C16H14N6.C16H15N3.C15H15IN2.C13H16INO.C10H11IO.C8H7IO2.C5H13NO2.C4H8N2.C2Cl2O2.3CH4.BHNS.N3.Na/c1-10(17)15-14(9-19-16(20-15)13-6-7-13)12-4-2-11(8-18)3-5-12;1-10(21-22-18)15-14(9-19-16(20-15)13-6-7-13)12-4-2-11(8-17)3-5-12;1-2-15-14(10-18-16(19-15)13-7-8-13)12-5-3-11(9-17)4-6-12;1-2-14-13(10-5-7-12(16)8-6-10)9-17-15(18-14)11-3-4-11;1-4-13(16)12(9-15(2)3)10-5-7-11(14)8-6-10;1-2-10(12)7-8-3-5-9(11)6-4-8;9-7-3-1-6(2-4-7)5-8(10)11;1-6(2)5(7-3)8-4;5-4(6)3-1-2-3;3-1(5)2(4)6;;;;1-2-3;1-3-2;/h2-5,9-10,13H,6-7H2,1H3;2-5,9-10,13H,6-7H2,1H3;3-6,10,13H,2,7-8H2,1H3;5-9,11H,2-4H2,1H3;5-9H,4H2,1-3H3;3-6H,2,7H2,1H3;1-4H,5H2,(H,10,11);5H,1-4H3;3H,1-2H2,(H3,5,6);;3*1H4;3H;;/q;;;;;;;;;;;;;;-1;+1/b;;;;12-9+;;;;;;;;;;;. The van der Waals surface area contributed by atoms with Crippen LogP contribution in [-0.4, -0.2) is 145 Å². The second-order valence-electron chi connectivity index (χ2n) is 33.0. The summed E-state index contributed by atoms with van der Waals surface area (Å²) in [6.45, 7) is 12.0. The van der Waals surface area contributed by atoms with Crippen molar-refractivity contribution in [3.8, 4) is 62.7 Å². The molecule has 0 aliphatic heterocycles. The van der Waals surface area contributed by atoms with Crippen LogP contribution in [0.4, 0.5) is 0 Å². The predicted octanol–water partition coefficient (Wildman–Crippen LogP) is 25.1. The van der Waals surface area contributed by atoms with Crippen LogP contribution in [0.25, 0.3) is 76.5 Å². The van der Waals surface area contributed by atoms with E-state index in [0.717, 1.165) is 138 Å². The number of azide groups is 1. The SMILES string of the molecule is C.C.C.CC(Br)c1nc(C2CC2)ncc1-c1ccc(C#N)cc1.CC(N=[N+]=[N-])c1nc(C2CC2)ncc1-c1ccc(C#N)cc1.CCC(=O)/C(=C/N(C)C)c1ccc(I)cc1.CCC(=O)Cc1ccc(I)cc1.CCc1nc(C2CC2)ncc1-c1ccc(C#N)cc1.CCc1nc(C2CC2)ncc1-c1ccc(I)cc1.COC(OC)N(C)C.N=C(N)C1CC1.O=C(Cl)C(=O)Cl.O=C(O)Cc1ccc(I)cc1.[B]=NS.[N-]=[N+]=[N-].[Na+]. The van der Waals surface area contributed by atoms with E-state index >= 15 is 0 Å². The van der Waals surface area contributed by atoms with E-state index in [0.29, 0.717) is 77.2 Å². The van der Waals surface area contributed by atoms with Gasteiger partial charge in [-0.2, -0.15) is 15.8 Å². The van der Waals surface area contributed by atoms with Crippen LogP contribution in [0.2, 0.25) is 0 Å². The smallest absolute Gasteiger partial charge is 0.373 e. The molecular formula is C108H126BBrCl2I4N22NaO8S. The molecule has 16 rings (SSSR count). The number of benzene rings is 7. The number of carbonyl (C=O) groups excluding carboxylic acids is 4. The zero-order valence-corrected chi connectivity index (χ0v) is 97.6. The number of methoxy groups -OCH3 is 2. The maximum Gasteiger partial charge on any atom is 1.00 e. The van der Waals surface area contributed by atoms with E-state index in [-0.39, 0.29) is 81.3 Å². The van der Waals surface area contributed by atoms with Gasteiger partial charge in [0.15, 0.2) is 5.78 Å². The summed E-state index contributed by atoms with van der Waals surface area (Å²) in [6.07, 6.45) is 24.9. The van der Waals surface area contributed by atoms with Crippen molar-refractivity contribution in [2.24, 2.45) is 21.1 Å². The van der Waals surface area contributed by atoms with Gasteiger partial charge in [-0.05, 0) is 341 Å². The molecule has 2 unspecified atom stereocenters. The van der Waals surface area contributed by atoms with E-state index in [2.05, 4.69) is 252 Å². The molecule has 0 amide bonds. The van der Waals surface area contributed by atoms with Crippen LogP contribution in [0.3, 0.4) is 0 Å². The van der Waals surface area contributed by atoms with Gasteiger partial charge in [-0.15, -0.1) is 0 Å². The summed E-state index contributed by atoms with van der Waals surface area (Å²) in [6, 6.07) is 60.5. The largest absolute Gasteiger partial charge is 1.00 e. The number of halogens is 7. The number of carbonyl (C=O) groups is 5. The summed E-state index contributed by atoms with van der Waals surface area (Å²) in [5, 5.41) is 43.3. The number of aromatic nitrogens is 8. The Labute approximate surface area is 972 Å². The summed E-state index contributed by atoms with van der Waals surface area (Å²) < 4.78 is 17.2. The quantitative estimate of drug-likeness (QED) is 0.00296. The third kappa shape index (κ3) is 51.3. The number of nitrogens with two attached hydrogens (primary N) is 1. The van der Waals surface area contributed by atoms with Gasteiger partial charge >= 0.3 is 70.8 Å². The van der Waals surface area contributed by atoms with Crippen molar-refractivity contribution < 1.29 is 68.1 Å². The fraction of sp³-hybridized carbons (Fsp3) is 0.361. The van der Waals surface area contributed by atoms with Crippen molar-refractivity contribution in [1.82, 2.24) is 49.7 Å². The molecule has 5 aliphatic rings. The van der Waals surface area contributed by atoms with E-state index in [9.17, 15) is 24.0 Å². The van der Waals surface area contributed by atoms with Crippen LogP contribution in [0.15, 0.2) is 210 Å². The fourth-order valence-corrected chi connectivity index (χ4v) is 14.7. The van der Waals surface area contributed by atoms with Crippen LogP contribution in [0.5, 0.6) is 0 Å². The Kier molecular flexibility index (Phi) is 68.3. The molecule has 4 aromatic heterocycles. The predicted molar refractivity (Wildman–Crippen MR) is 628 cm³/mol. The monoisotopic (exact) mass is 2580 g/mol. The first-order valence-electron chi connectivity index (χ1n) is 45.7. The number of nitrogens with one attached hydrogen (secondary N) is 1. The number of ether oxygens (including phenoxy) is 2. The van der Waals surface area contributed by atoms with Crippen molar-refractivity contribution in [2.45, 2.75) is 208 Å². The number of allylic oxidation sites excluding steroid dienone is 1. The Morgan fingerprint density at radius 2 is 0.845 bits per heavy atom. The van der Waals surface area contributed by atoms with Crippen LogP contribution in [-0.2, 0) is 59.1 Å². The first kappa shape index (κ1) is 136. The van der Waals surface area contributed by atoms with Gasteiger partial charge in [0.05, 0.1) is 80.8 Å². The third-order valence-electron chi connectivity index (χ3n) is 21.2. The molecule has 11 aromatic rings. The summed E-state index contributed by atoms with van der Waals surface area (Å²) in [7, 11) is 15.2. The maximum atomic E-state index is 11.8. The number of rotatable bonds is 27. The van der Waals surface area contributed by atoms with Crippen molar-refractivity contribution >= 4 is 189 Å². The second-order valence-corrected chi connectivity index (χ2v) is 40.3. The van der Waals surface area contributed by atoms with E-state index in [1.165, 1.54) is 71.0 Å². The maximum absolute atomic E-state index is 11.8. The van der Waals surface area contributed by atoms with E-state index in [4.69, 9.17) is 73.1 Å². The number of aryl methyl sites for hydroxylation is 2. The van der Waals surface area contributed by atoms with Crippen molar-refractivity contribution in [1.29, 1.82) is 21.2 Å². The summed E-state index contributed by atoms with van der Waals surface area (Å²) in [5.74, 6) is 6.55. The molecule has 4 N–H and O–H groups in total. The Bertz CT molecular complexity index is 6260. The number of nitriles is 3. The number of aliphatic carboxylic acids is 1. The molecule has 7 aromatic carbocycles. The first-order valence-corrected chi connectivity index (χ1v) is 52.1. The molecule has 0 spiro atoms. The molecular weight excluding hydrogens is 2460 g/mol. The Morgan fingerprint density at radius 3 is 1.10 bits per heavy atom. The van der Waals surface area contributed by atoms with Crippen molar-refractivity contribution in [3.63, 3.8) is 0 Å². The molecule has 775 valence electrons. The molecule has 5 fully saturated rings. The molecule has 2 atom stereocenters. The summed E-state index contributed by atoms with van der Waals surface area (Å²) >= 11 is 24.8.